The van der Waals surface area contributed by atoms with E-state index in [2.05, 4.69) is 40.1 Å². The van der Waals surface area contributed by atoms with Gasteiger partial charge in [0, 0.05) is 51.0 Å². The molecule has 0 atom stereocenters. The molecule has 0 spiro atoms. The van der Waals surface area contributed by atoms with Gasteiger partial charge in [-0.3, -0.25) is 4.90 Å². The lowest BCUT2D eigenvalue weighted by molar-refractivity contribution is -0.0000141. The predicted octanol–water partition coefficient (Wildman–Crippen LogP) is -0.566. The first-order chi connectivity index (χ1) is 11.3. The quantitative estimate of drug-likeness (QED) is 0.730. The third kappa shape index (κ3) is 4.54. The highest BCUT2D eigenvalue weighted by atomic mass is 35.5. The van der Waals surface area contributed by atoms with Crippen LogP contribution in [0.4, 0.5) is 10.5 Å². The third-order valence-corrected chi connectivity index (χ3v) is 4.94. The van der Waals surface area contributed by atoms with Crippen molar-refractivity contribution in [3.05, 3.63) is 30.3 Å². The van der Waals surface area contributed by atoms with Gasteiger partial charge in [-0.25, -0.2) is 4.79 Å². The molecule has 1 aromatic rings. The average Bonchev–Trinajstić information content (AvgIpc) is 2.63. The first-order valence-electron chi connectivity index (χ1n) is 8.73. The number of hydrogen-bond donors (Lipinski definition) is 0. The summed E-state index contributed by atoms with van der Waals surface area (Å²) in [5.74, 6) is 0. The summed E-state index contributed by atoms with van der Waals surface area (Å²) in [4.78, 5) is 18.7. The van der Waals surface area contributed by atoms with Gasteiger partial charge in [0.05, 0.1) is 6.61 Å². The largest absolute Gasteiger partial charge is 1.00 e. The Bertz CT molecular complexity index is 498. The molecule has 0 unspecified atom stereocenters. The lowest BCUT2D eigenvalue weighted by atomic mass is 10.0. The van der Waals surface area contributed by atoms with Crippen LogP contribution in [0.5, 0.6) is 0 Å². The fourth-order valence-corrected chi connectivity index (χ4v) is 3.61. The Morgan fingerprint density at radius 3 is 2.25 bits per heavy atom. The summed E-state index contributed by atoms with van der Waals surface area (Å²) in [5.41, 5.74) is 1.32. The zero-order valence-corrected chi connectivity index (χ0v) is 15.1. The van der Waals surface area contributed by atoms with E-state index < -0.39 is 0 Å². The Balaban J connectivity index is 0.00000208. The average molecular weight is 353 g/mol. The number of piperidine rings is 1. The fraction of sp³-hybridized carbons (Fsp3) is 0.611. The maximum atomic E-state index is 11.8. The van der Waals surface area contributed by atoms with Crippen molar-refractivity contribution in [1.29, 1.82) is 0 Å². The van der Waals surface area contributed by atoms with E-state index in [1.54, 1.807) is 0 Å². The molecule has 5 nitrogen and oxygen atoms in total. The van der Waals surface area contributed by atoms with E-state index in [4.69, 9.17) is 4.74 Å². The SMILES string of the molecule is CCOC(=O)N1CCC(N2CCN(c3ccccc3)CC2)CC1.[Cl-]. The van der Waals surface area contributed by atoms with E-state index in [1.165, 1.54) is 5.69 Å². The van der Waals surface area contributed by atoms with Gasteiger partial charge in [0.25, 0.3) is 0 Å². The van der Waals surface area contributed by atoms with Gasteiger partial charge in [-0.1, -0.05) is 18.2 Å². The number of carbonyl (C=O) groups is 1. The molecular formula is C18H27ClN3O2-. The number of para-hydroxylation sites is 1. The minimum absolute atomic E-state index is 0. The summed E-state index contributed by atoms with van der Waals surface area (Å²) in [6, 6.07) is 11.3. The van der Waals surface area contributed by atoms with Gasteiger partial charge in [-0.15, -0.1) is 0 Å². The molecule has 0 aromatic heterocycles. The first-order valence-corrected chi connectivity index (χ1v) is 8.73. The molecule has 2 saturated heterocycles. The molecule has 0 N–H and O–H groups in total. The van der Waals surface area contributed by atoms with Crippen molar-refractivity contribution in [2.75, 3.05) is 50.8 Å². The molecular weight excluding hydrogens is 326 g/mol. The Kier molecular flexibility index (Phi) is 7.18. The number of likely N-dealkylation sites (tertiary alicyclic amines) is 1. The Morgan fingerprint density at radius 1 is 1.04 bits per heavy atom. The number of halogens is 1. The summed E-state index contributed by atoms with van der Waals surface area (Å²) >= 11 is 0. The Morgan fingerprint density at radius 2 is 1.67 bits per heavy atom. The highest BCUT2D eigenvalue weighted by Gasteiger charge is 2.29. The normalized spacial score (nSPS) is 19.7. The molecule has 2 fully saturated rings. The van der Waals surface area contributed by atoms with Crippen molar-refractivity contribution >= 4 is 11.8 Å². The van der Waals surface area contributed by atoms with E-state index in [0.717, 1.165) is 52.1 Å². The number of nitrogens with zero attached hydrogens (tertiary/aromatic N) is 3. The second-order valence-electron chi connectivity index (χ2n) is 6.28. The van der Waals surface area contributed by atoms with Crippen LogP contribution >= 0.6 is 0 Å². The van der Waals surface area contributed by atoms with Gasteiger partial charge in [0.15, 0.2) is 0 Å². The van der Waals surface area contributed by atoms with Crippen molar-refractivity contribution in [3.8, 4) is 0 Å². The molecule has 24 heavy (non-hydrogen) atoms. The fourth-order valence-electron chi connectivity index (χ4n) is 3.61. The molecule has 2 aliphatic heterocycles. The summed E-state index contributed by atoms with van der Waals surface area (Å²) < 4.78 is 5.09. The van der Waals surface area contributed by atoms with E-state index in [0.29, 0.717) is 12.6 Å². The van der Waals surface area contributed by atoms with Crippen molar-refractivity contribution in [2.24, 2.45) is 0 Å². The third-order valence-electron chi connectivity index (χ3n) is 4.94. The van der Waals surface area contributed by atoms with Crippen molar-refractivity contribution in [2.45, 2.75) is 25.8 Å². The number of rotatable bonds is 3. The molecule has 2 heterocycles. The second kappa shape index (κ2) is 9.14. The zero-order valence-electron chi connectivity index (χ0n) is 14.4. The van der Waals surface area contributed by atoms with Crippen LogP contribution in [0.3, 0.4) is 0 Å². The summed E-state index contributed by atoms with van der Waals surface area (Å²) in [6.45, 7) is 8.35. The molecule has 0 saturated carbocycles. The topological polar surface area (TPSA) is 36.0 Å². The van der Waals surface area contributed by atoms with Crippen molar-refractivity contribution < 1.29 is 21.9 Å². The smallest absolute Gasteiger partial charge is 0.409 e. The number of piperazine rings is 1. The molecule has 0 aliphatic carbocycles. The van der Waals surface area contributed by atoms with Gasteiger partial charge in [0.1, 0.15) is 0 Å². The number of carbonyl (C=O) groups excluding carboxylic acids is 1. The van der Waals surface area contributed by atoms with Gasteiger partial charge >= 0.3 is 6.09 Å². The number of amides is 1. The highest BCUT2D eigenvalue weighted by Crippen LogP contribution is 2.21. The van der Waals surface area contributed by atoms with Crippen LogP contribution in [0.25, 0.3) is 0 Å². The van der Waals surface area contributed by atoms with Crippen molar-refractivity contribution in [1.82, 2.24) is 9.80 Å². The summed E-state index contributed by atoms with van der Waals surface area (Å²) in [7, 11) is 0. The van der Waals surface area contributed by atoms with E-state index >= 15 is 0 Å². The van der Waals surface area contributed by atoms with E-state index in [1.807, 2.05) is 11.8 Å². The van der Waals surface area contributed by atoms with E-state index in [-0.39, 0.29) is 18.5 Å². The van der Waals surface area contributed by atoms with Crippen molar-refractivity contribution in [3.63, 3.8) is 0 Å². The minimum Gasteiger partial charge on any atom is -1.00 e. The van der Waals surface area contributed by atoms with Crippen LogP contribution in [0.2, 0.25) is 0 Å². The van der Waals surface area contributed by atoms with Crippen LogP contribution in [0.1, 0.15) is 19.8 Å². The van der Waals surface area contributed by atoms with Crippen LogP contribution < -0.4 is 17.3 Å². The summed E-state index contributed by atoms with van der Waals surface area (Å²) in [5, 5.41) is 0. The Labute approximate surface area is 151 Å². The molecule has 134 valence electrons. The standard InChI is InChI=1S/C18H27N3O2.ClH/c1-2-23-18(22)21-10-8-17(9-11-21)20-14-12-19(13-15-20)16-6-4-3-5-7-16;/h3-7,17H,2,8-15H2,1H3;1H/p-1. The van der Waals surface area contributed by atoms with Gasteiger partial charge < -0.3 is 26.9 Å². The molecule has 1 amide bonds. The molecule has 6 heteroatoms. The number of anilines is 1. The molecule has 1 aromatic carbocycles. The number of hydrogen-bond acceptors (Lipinski definition) is 4. The van der Waals surface area contributed by atoms with Crippen LogP contribution in [0, 0.1) is 0 Å². The van der Waals surface area contributed by atoms with Gasteiger partial charge in [0.2, 0.25) is 0 Å². The second-order valence-corrected chi connectivity index (χ2v) is 6.28. The molecule has 2 aliphatic rings. The lowest BCUT2D eigenvalue weighted by Crippen LogP contribution is -3.00. The lowest BCUT2D eigenvalue weighted by Gasteiger charge is -2.43. The zero-order chi connectivity index (χ0) is 16.1. The number of benzene rings is 1. The monoisotopic (exact) mass is 352 g/mol. The van der Waals surface area contributed by atoms with Gasteiger partial charge in [-0.05, 0) is 31.9 Å². The highest BCUT2D eigenvalue weighted by molar-refractivity contribution is 5.67. The molecule has 0 bridgehead atoms. The van der Waals surface area contributed by atoms with Crippen LogP contribution in [-0.2, 0) is 4.74 Å². The van der Waals surface area contributed by atoms with E-state index in [9.17, 15) is 4.79 Å². The Hall–Kier alpha value is -1.46. The number of ether oxygens (including phenoxy) is 1. The molecule has 3 rings (SSSR count). The maximum absolute atomic E-state index is 11.8. The summed E-state index contributed by atoms with van der Waals surface area (Å²) in [6.07, 6.45) is 1.97. The van der Waals surface area contributed by atoms with Crippen LogP contribution in [0.15, 0.2) is 30.3 Å². The van der Waals surface area contributed by atoms with Gasteiger partial charge in [-0.2, -0.15) is 0 Å². The first kappa shape index (κ1) is 18.9. The molecule has 0 radical (unpaired) electrons. The maximum Gasteiger partial charge on any atom is 0.409 e. The minimum atomic E-state index is -0.153. The predicted molar refractivity (Wildman–Crippen MR) is 91.8 cm³/mol. The van der Waals surface area contributed by atoms with Crippen LogP contribution in [-0.4, -0.2) is 67.8 Å².